The van der Waals surface area contributed by atoms with Gasteiger partial charge < -0.3 is 14.2 Å². The molecule has 20 heavy (non-hydrogen) atoms. The molecule has 1 saturated heterocycles. The van der Waals surface area contributed by atoms with E-state index in [4.69, 9.17) is 4.42 Å². The van der Waals surface area contributed by atoms with Gasteiger partial charge in [0.15, 0.2) is 0 Å². The van der Waals surface area contributed by atoms with Crippen molar-refractivity contribution in [2.45, 2.75) is 39.0 Å². The van der Waals surface area contributed by atoms with Gasteiger partial charge in [-0.05, 0) is 12.8 Å². The van der Waals surface area contributed by atoms with Crippen LogP contribution in [0.25, 0.3) is 0 Å². The number of hydrogen-bond donors (Lipinski definition) is 0. The molecule has 1 aliphatic heterocycles. The van der Waals surface area contributed by atoms with Crippen LogP contribution < -0.4 is 4.90 Å². The van der Waals surface area contributed by atoms with Gasteiger partial charge in [-0.15, -0.1) is 5.10 Å². The molecule has 0 unspecified atom stereocenters. The van der Waals surface area contributed by atoms with E-state index in [0.717, 1.165) is 45.4 Å². The zero-order chi connectivity index (χ0) is 13.9. The van der Waals surface area contributed by atoms with Crippen molar-refractivity contribution < 1.29 is 9.21 Å². The summed E-state index contributed by atoms with van der Waals surface area (Å²) in [7, 11) is 0. The van der Waals surface area contributed by atoms with Crippen LogP contribution in [0.2, 0.25) is 0 Å². The van der Waals surface area contributed by atoms with E-state index in [9.17, 15) is 4.79 Å². The molecule has 2 aliphatic rings. The van der Waals surface area contributed by atoms with Crippen LogP contribution in [0.15, 0.2) is 4.42 Å². The van der Waals surface area contributed by atoms with E-state index in [1.165, 1.54) is 12.8 Å². The number of aryl methyl sites for hydroxylation is 1. The zero-order valence-corrected chi connectivity index (χ0v) is 12.0. The molecule has 1 aromatic heterocycles. The van der Waals surface area contributed by atoms with E-state index in [1.54, 1.807) is 0 Å². The molecule has 3 rings (SSSR count). The standard InChI is InChI=1S/C14H22N4O2/c1-2-12-15-16-14(20-12)18-9-7-17(8-10-18)13(19)11-5-3-4-6-11/h11H,2-10H2,1H3. The molecule has 0 spiro atoms. The molecule has 1 aliphatic carbocycles. The number of rotatable bonds is 3. The molecule has 0 atom stereocenters. The van der Waals surface area contributed by atoms with Gasteiger partial charge >= 0.3 is 6.01 Å². The molecule has 0 N–H and O–H groups in total. The summed E-state index contributed by atoms with van der Waals surface area (Å²) in [6.07, 6.45) is 5.31. The van der Waals surface area contributed by atoms with Crippen molar-refractivity contribution in [2.24, 2.45) is 5.92 Å². The van der Waals surface area contributed by atoms with Gasteiger partial charge in [0, 0.05) is 38.5 Å². The second-order valence-electron chi connectivity index (χ2n) is 5.63. The Bertz CT molecular complexity index is 459. The van der Waals surface area contributed by atoms with Crippen LogP contribution >= 0.6 is 0 Å². The molecule has 0 aromatic carbocycles. The highest BCUT2D eigenvalue weighted by Crippen LogP contribution is 2.27. The number of aromatic nitrogens is 2. The Morgan fingerprint density at radius 3 is 2.50 bits per heavy atom. The smallest absolute Gasteiger partial charge is 0.318 e. The topological polar surface area (TPSA) is 62.5 Å². The summed E-state index contributed by atoms with van der Waals surface area (Å²) in [5.41, 5.74) is 0. The second kappa shape index (κ2) is 5.81. The highest BCUT2D eigenvalue weighted by atomic mass is 16.4. The fourth-order valence-corrected chi connectivity index (χ4v) is 3.06. The summed E-state index contributed by atoms with van der Waals surface area (Å²) in [6, 6.07) is 0.592. The lowest BCUT2D eigenvalue weighted by atomic mass is 10.1. The van der Waals surface area contributed by atoms with Gasteiger partial charge in [0.1, 0.15) is 0 Å². The summed E-state index contributed by atoms with van der Waals surface area (Å²) in [5, 5.41) is 8.05. The normalized spacial score (nSPS) is 20.6. The minimum Gasteiger partial charge on any atom is -0.408 e. The van der Waals surface area contributed by atoms with Gasteiger partial charge in [-0.2, -0.15) is 0 Å². The van der Waals surface area contributed by atoms with Gasteiger partial charge in [0.2, 0.25) is 11.8 Å². The number of carbonyl (C=O) groups excluding carboxylic acids is 1. The Morgan fingerprint density at radius 1 is 1.20 bits per heavy atom. The third-order valence-corrected chi connectivity index (χ3v) is 4.32. The Hall–Kier alpha value is -1.59. The van der Waals surface area contributed by atoms with Crippen molar-refractivity contribution in [3.63, 3.8) is 0 Å². The fraction of sp³-hybridized carbons (Fsp3) is 0.786. The molecule has 2 heterocycles. The van der Waals surface area contributed by atoms with E-state index >= 15 is 0 Å². The Labute approximate surface area is 119 Å². The molecule has 1 aromatic rings. The predicted octanol–water partition coefficient (Wildman–Crippen LogP) is 1.47. The molecule has 0 bridgehead atoms. The Balaban J connectivity index is 1.55. The SMILES string of the molecule is CCc1nnc(N2CCN(C(=O)C3CCCC3)CC2)o1. The summed E-state index contributed by atoms with van der Waals surface area (Å²) < 4.78 is 5.57. The highest BCUT2D eigenvalue weighted by Gasteiger charge is 2.30. The van der Waals surface area contributed by atoms with E-state index in [2.05, 4.69) is 15.1 Å². The number of carbonyl (C=O) groups is 1. The summed E-state index contributed by atoms with van der Waals surface area (Å²) in [5.74, 6) is 1.29. The summed E-state index contributed by atoms with van der Waals surface area (Å²) in [4.78, 5) is 16.4. The largest absolute Gasteiger partial charge is 0.408 e. The average molecular weight is 278 g/mol. The van der Waals surface area contributed by atoms with Crippen molar-refractivity contribution in [1.29, 1.82) is 0 Å². The van der Waals surface area contributed by atoms with E-state index < -0.39 is 0 Å². The number of hydrogen-bond acceptors (Lipinski definition) is 5. The highest BCUT2D eigenvalue weighted by molar-refractivity contribution is 5.79. The average Bonchev–Trinajstić information content (AvgIpc) is 3.18. The predicted molar refractivity (Wildman–Crippen MR) is 74.4 cm³/mol. The molecule has 110 valence electrons. The summed E-state index contributed by atoms with van der Waals surface area (Å²) >= 11 is 0. The first-order valence-electron chi connectivity index (χ1n) is 7.64. The Kier molecular flexibility index (Phi) is 3.89. The quantitative estimate of drug-likeness (QED) is 0.838. The third-order valence-electron chi connectivity index (χ3n) is 4.32. The number of piperazine rings is 1. The molecule has 1 saturated carbocycles. The lowest BCUT2D eigenvalue weighted by Gasteiger charge is -2.35. The maximum absolute atomic E-state index is 12.3. The molecular formula is C14H22N4O2. The van der Waals surface area contributed by atoms with Crippen LogP contribution in [0.3, 0.4) is 0 Å². The van der Waals surface area contributed by atoms with Crippen molar-refractivity contribution in [3.8, 4) is 0 Å². The van der Waals surface area contributed by atoms with Gasteiger partial charge in [0.05, 0.1) is 0 Å². The van der Waals surface area contributed by atoms with Crippen LogP contribution in [0.4, 0.5) is 6.01 Å². The lowest BCUT2D eigenvalue weighted by Crippen LogP contribution is -2.50. The number of amides is 1. The van der Waals surface area contributed by atoms with Crippen molar-refractivity contribution in [3.05, 3.63) is 5.89 Å². The van der Waals surface area contributed by atoms with Crippen molar-refractivity contribution in [1.82, 2.24) is 15.1 Å². The molecule has 6 heteroatoms. The monoisotopic (exact) mass is 278 g/mol. The van der Waals surface area contributed by atoms with Crippen LogP contribution in [0, 0.1) is 5.92 Å². The fourth-order valence-electron chi connectivity index (χ4n) is 3.06. The zero-order valence-electron chi connectivity index (χ0n) is 12.0. The van der Waals surface area contributed by atoms with Crippen LogP contribution in [0.1, 0.15) is 38.5 Å². The van der Waals surface area contributed by atoms with E-state index in [1.807, 2.05) is 11.8 Å². The molecule has 6 nitrogen and oxygen atoms in total. The van der Waals surface area contributed by atoms with Gasteiger partial charge in [-0.1, -0.05) is 24.9 Å². The third kappa shape index (κ3) is 2.64. The first kappa shape index (κ1) is 13.4. The second-order valence-corrected chi connectivity index (χ2v) is 5.63. The maximum atomic E-state index is 12.3. The van der Waals surface area contributed by atoms with Crippen molar-refractivity contribution >= 4 is 11.9 Å². The first-order chi connectivity index (χ1) is 9.78. The van der Waals surface area contributed by atoms with Crippen molar-refractivity contribution in [2.75, 3.05) is 31.1 Å². The lowest BCUT2D eigenvalue weighted by molar-refractivity contribution is -0.135. The van der Waals surface area contributed by atoms with E-state index in [0.29, 0.717) is 17.8 Å². The minimum atomic E-state index is 0.275. The van der Waals surface area contributed by atoms with Crippen LogP contribution in [-0.2, 0) is 11.2 Å². The van der Waals surface area contributed by atoms with Gasteiger partial charge in [-0.25, -0.2) is 0 Å². The van der Waals surface area contributed by atoms with Crippen LogP contribution in [0.5, 0.6) is 0 Å². The first-order valence-corrected chi connectivity index (χ1v) is 7.64. The van der Waals surface area contributed by atoms with Crippen LogP contribution in [-0.4, -0.2) is 47.2 Å². The summed E-state index contributed by atoms with van der Waals surface area (Å²) in [6.45, 7) is 5.08. The molecular weight excluding hydrogens is 256 g/mol. The molecule has 0 radical (unpaired) electrons. The minimum absolute atomic E-state index is 0.275. The molecule has 1 amide bonds. The van der Waals surface area contributed by atoms with Gasteiger partial charge in [-0.3, -0.25) is 4.79 Å². The number of anilines is 1. The maximum Gasteiger partial charge on any atom is 0.318 e. The van der Waals surface area contributed by atoms with Gasteiger partial charge in [0.25, 0.3) is 0 Å². The number of nitrogens with zero attached hydrogens (tertiary/aromatic N) is 4. The molecule has 2 fully saturated rings. The Morgan fingerprint density at radius 2 is 1.90 bits per heavy atom. The van der Waals surface area contributed by atoms with E-state index in [-0.39, 0.29) is 5.92 Å².